The fraction of sp³-hybridized carbons (Fsp3) is 0.269. The minimum absolute atomic E-state index is 0.0624. The largest absolute Gasteiger partial charge is 0.507 e. The highest BCUT2D eigenvalue weighted by atomic mass is 32.1. The first-order chi connectivity index (χ1) is 15.8. The second-order valence-corrected chi connectivity index (χ2v) is 9.63. The molecule has 1 saturated heterocycles. The third-order valence-corrected chi connectivity index (χ3v) is 6.93. The lowest BCUT2D eigenvalue weighted by molar-refractivity contribution is -0.132. The van der Waals surface area contributed by atoms with Gasteiger partial charge in [0.1, 0.15) is 17.6 Å². The molecular formula is C26H24N2O4S. The summed E-state index contributed by atoms with van der Waals surface area (Å²) in [7, 11) is 0. The smallest absolute Gasteiger partial charge is 0.301 e. The number of rotatable bonds is 4. The lowest BCUT2D eigenvalue weighted by Gasteiger charge is -2.23. The molecule has 2 aromatic carbocycles. The van der Waals surface area contributed by atoms with Crippen molar-refractivity contribution in [3.63, 3.8) is 0 Å². The molecule has 2 aliphatic rings. The second kappa shape index (κ2) is 8.15. The summed E-state index contributed by atoms with van der Waals surface area (Å²) in [5, 5.41) is 13.5. The molecule has 3 heterocycles. The van der Waals surface area contributed by atoms with Crippen molar-refractivity contribution in [3.05, 3.63) is 81.9 Å². The molecule has 0 aliphatic carbocycles. The Morgan fingerprint density at radius 1 is 1.18 bits per heavy atom. The Kier molecular flexibility index (Phi) is 5.29. The van der Waals surface area contributed by atoms with Crippen LogP contribution in [0.15, 0.2) is 59.6 Å². The monoisotopic (exact) mass is 460 g/mol. The highest BCUT2D eigenvalue weighted by Gasteiger charge is 2.48. The number of nitrogens with zero attached hydrogens (tertiary/aromatic N) is 2. The van der Waals surface area contributed by atoms with Gasteiger partial charge in [-0.3, -0.25) is 14.5 Å². The van der Waals surface area contributed by atoms with Gasteiger partial charge in [-0.2, -0.15) is 0 Å². The molecule has 1 fully saturated rings. The molecule has 1 aromatic heterocycles. The molecule has 0 bridgehead atoms. The van der Waals surface area contributed by atoms with Crippen LogP contribution in [-0.2, 0) is 16.0 Å². The average molecular weight is 461 g/mol. The predicted octanol–water partition coefficient (Wildman–Crippen LogP) is 5.22. The molecule has 0 unspecified atom stereocenters. The quantitative estimate of drug-likeness (QED) is 0.328. The number of carbonyl (C=O) groups excluding carboxylic acids is 2. The van der Waals surface area contributed by atoms with E-state index in [1.807, 2.05) is 37.3 Å². The van der Waals surface area contributed by atoms with Crippen LogP contribution >= 0.6 is 11.3 Å². The van der Waals surface area contributed by atoms with Gasteiger partial charge in [0.05, 0.1) is 11.6 Å². The van der Waals surface area contributed by atoms with Gasteiger partial charge in [-0.15, -0.1) is 11.3 Å². The van der Waals surface area contributed by atoms with E-state index in [0.29, 0.717) is 16.6 Å². The van der Waals surface area contributed by atoms with Crippen molar-refractivity contribution >= 4 is 33.9 Å². The predicted molar refractivity (Wildman–Crippen MR) is 128 cm³/mol. The fourth-order valence-corrected chi connectivity index (χ4v) is 5.14. The van der Waals surface area contributed by atoms with Crippen LogP contribution in [0.4, 0.5) is 5.13 Å². The third-order valence-electron chi connectivity index (χ3n) is 6.16. The Balaban J connectivity index is 1.66. The maximum Gasteiger partial charge on any atom is 0.301 e. The number of hydrogen-bond acceptors (Lipinski definition) is 6. The Morgan fingerprint density at radius 3 is 2.61 bits per heavy atom. The molecule has 0 radical (unpaired) electrons. The second-order valence-electron chi connectivity index (χ2n) is 8.76. The van der Waals surface area contributed by atoms with Crippen LogP contribution in [0, 0.1) is 0 Å². The van der Waals surface area contributed by atoms with Gasteiger partial charge in [-0.1, -0.05) is 38.1 Å². The van der Waals surface area contributed by atoms with Crippen molar-refractivity contribution < 1.29 is 19.4 Å². The number of thiazole rings is 1. The van der Waals surface area contributed by atoms with Gasteiger partial charge in [0.15, 0.2) is 5.13 Å². The summed E-state index contributed by atoms with van der Waals surface area (Å²) in [6.45, 7) is 6.20. The van der Waals surface area contributed by atoms with Crippen LogP contribution in [0.25, 0.3) is 5.76 Å². The number of aromatic nitrogens is 1. The van der Waals surface area contributed by atoms with Crippen molar-refractivity contribution in [2.45, 2.75) is 45.3 Å². The number of fused-ring (bicyclic) bond motifs is 1. The van der Waals surface area contributed by atoms with E-state index in [9.17, 15) is 14.7 Å². The van der Waals surface area contributed by atoms with Gasteiger partial charge in [0.2, 0.25) is 0 Å². The number of benzene rings is 2. The topological polar surface area (TPSA) is 79.7 Å². The highest BCUT2D eigenvalue weighted by Crippen LogP contribution is 2.43. The number of aliphatic hydroxyl groups is 1. The third kappa shape index (κ3) is 3.62. The minimum atomic E-state index is -0.763. The van der Waals surface area contributed by atoms with Gasteiger partial charge in [-0.05, 0) is 47.7 Å². The summed E-state index contributed by atoms with van der Waals surface area (Å²) in [5.41, 5.74) is 3.43. The van der Waals surface area contributed by atoms with Crippen LogP contribution in [0.3, 0.4) is 0 Å². The maximum absolute atomic E-state index is 13.2. The van der Waals surface area contributed by atoms with Crippen LogP contribution in [-0.4, -0.2) is 27.9 Å². The zero-order chi connectivity index (χ0) is 23.3. The first-order valence-corrected chi connectivity index (χ1v) is 11.8. The normalized spacial score (nSPS) is 21.5. The Morgan fingerprint density at radius 2 is 1.94 bits per heavy atom. The van der Waals surface area contributed by atoms with Crippen molar-refractivity contribution in [2.75, 3.05) is 4.90 Å². The lowest BCUT2D eigenvalue weighted by atomic mass is 9.93. The molecule has 0 saturated carbocycles. The van der Waals surface area contributed by atoms with E-state index >= 15 is 0 Å². The van der Waals surface area contributed by atoms with E-state index in [-0.39, 0.29) is 17.4 Å². The minimum Gasteiger partial charge on any atom is -0.507 e. The van der Waals surface area contributed by atoms with Crippen LogP contribution in [0.1, 0.15) is 55.0 Å². The molecule has 168 valence electrons. The molecule has 5 rings (SSSR count). The Hall–Kier alpha value is -3.45. The van der Waals surface area contributed by atoms with Gasteiger partial charge in [-0.25, -0.2) is 4.98 Å². The molecule has 1 amide bonds. The van der Waals surface area contributed by atoms with Crippen LogP contribution in [0.2, 0.25) is 0 Å². The number of Topliss-reactive ketones (excluding diaryl/α,β-unsaturated/α-hetero) is 1. The molecule has 33 heavy (non-hydrogen) atoms. The van der Waals surface area contributed by atoms with Crippen molar-refractivity contribution in [1.82, 2.24) is 4.98 Å². The number of aliphatic hydroxyl groups excluding tert-OH is 1. The van der Waals surface area contributed by atoms with Crippen molar-refractivity contribution in [3.8, 4) is 5.75 Å². The SMILES string of the molecule is CC(C)c1ccc([C@H]2C(=C(O)c3ccc4c(c3)C[C@H](C)O4)C(=O)C(=O)N2c2nccs2)cc1. The van der Waals surface area contributed by atoms with E-state index in [1.54, 1.807) is 23.7 Å². The van der Waals surface area contributed by atoms with E-state index in [2.05, 4.69) is 18.8 Å². The molecule has 3 aromatic rings. The van der Waals surface area contributed by atoms with Crippen molar-refractivity contribution in [1.29, 1.82) is 0 Å². The number of ether oxygens (including phenoxy) is 1. The van der Waals surface area contributed by atoms with Crippen molar-refractivity contribution in [2.24, 2.45) is 0 Å². The molecule has 2 aliphatic heterocycles. The first kappa shape index (κ1) is 21.4. The summed E-state index contributed by atoms with van der Waals surface area (Å²) in [6.07, 6.45) is 2.39. The van der Waals surface area contributed by atoms with Crippen LogP contribution < -0.4 is 9.64 Å². The van der Waals surface area contributed by atoms with E-state index < -0.39 is 17.7 Å². The van der Waals surface area contributed by atoms with E-state index in [1.165, 1.54) is 16.2 Å². The number of carbonyl (C=O) groups is 2. The van der Waals surface area contributed by atoms with E-state index in [0.717, 1.165) is 28.9 Å². The molecule has 0 spiro atoms. The molecule has 7 heteroatoms. The van der Waals surface area contributed by atoms with Gasteiger partial charge in [0, 0.05) is 23.6 Å². The number of ketones is 1. The first-order valence-electron chi connectivity index (χ1n) is 11.0. The molecular weight excluding hydrogens is 436 g/mol. The Bertz CT molecular complexity index is 1260. The molecule has 1 N–H and O–H groups in total. The van der Waals surface area contributed by atoms with E-state index in [4.69, 9.17) is 4.74 Å². The highest BCUT2D eigenvalue weighted by molar-refractivity contribution is 7.14. The summed E-state index contributed by atoms with van der Waals surface area (Å²) in [5.74, 6) is -0.468. The number of amides is 1. The molecule has 2 atom stereocenters. The van der Waals surface area contributed by atoms with Crippen LogP contribution in [0.5, 0.6) is 5.75 Å². The fourth-order valence-electron chi connectivity index (χ4n) is 4.47. The molecule has 6 nitrogen and oxygen atoms in total. The standard InChI is InChI=1S/C26H24N2O4S/c1-14(2)16-4-6-17(7-5-16)22-21(24(30)25(31)28(22)26-27-10-11-33-26)23(29)18-8-9-20-19(13-18)12-15(3)32-20/h4-11,13-15,22,29H,12H2,1-3H3/t15-,22-/m0/s1. The van der Waals surface area contributed by atoms with Gasteiger partial charge >= 0.3 is 5.91 Å². The summed E-state index contributed by atoms with van der Waals surface area (Å²) in [6, 6.07) is 12.4. The summed E-state index contributed by atoms with van der Waals surface area (Å²) < 4.78 is 5.76. The lowest BCUT2D eigenvalue weighted by Crippen LogP contribution is -2.29. The maximum atomic E-state index is 13.2. The average Bonchev–Trinajstić information content (AvgIpc) is 3.51. The number of anilines is 1. The summed E-state index contributed by atoms with van der Waals surface area (Å²) >= 11 is 1.28. The number of hydrogen-bond donors (Lipinski definition) is 1. The Labute approximate surface area is 196 Å². The van der Waals surface area contributed by atoms with Gasteiger partial charge in [0.25, 0.3) is 5.78 Å². The zero-order valence-electron chi connectivity index (χ0n) is 18.6. The summed E-state index contributed by atoms with van der Waals surface area (Å²) in [4.78, 5) is 32.0. The van der Waals surface area contributed by atoms with Gasteiger partial charge < -0.3 is 9.84 Å². The zero-order valence-corrected chi connectivity index (χ0v) is 19.4.